The molecule has 3 amide bonds. The Kier molecular flexibility index (Phi) is 8.80. The van der Waals surface area contributed by atoms with E-state index in [1.807, 2.05) is 0 Å². The van der Waals surface area contributed by atoms with E-state index in [0.29, 0.717) is 34.3 Å². The quantitative estimate of drug-likeness (QED) is 0.230. The van der Waals surface area contributed by atoms with Crippen LogP contribution < -0.4 is 15.5 Å². The van der Waals surface area contributed by atoms with Crippen LogP contribution >= 0.6 is 0 Å². The fourth-order valence-electron chi connectivity index (χ4n) is 4.07. The van der Waals surface area contributed by atoms with Gasteiger partial charge < -0.3 is 25.2 Å². The number of fused-ring (bicyclic) bond motifs is 1. The summed E-state index contributed by atoms with van der Waals surface area (Å²) in [5.74, 6) is -2.62. The number of nitrogens with zero attached hydrogens (tertiary/aromatic N) is 4. The van der Waals surface area contributed by atoms with Crippen molar-refractivity contribution in [1.29, 1.82) is 0 Å². The first-order valence-electron chi connectivity index (χ1n) is 13.0. The monoisotopic (exact) mass is 566 g/mol. The first-order valence-corrected chi connectivity index (χ1v) is 13.0. The molecule has 0 atom stereocenters. The fourth-order valence-corrected chi connectivity index (χ4v) is 4.07. The Morgan fingerprint density at radius 2 is 1.85 bits per heavy atom. The van der Waals surface area contributed by atoms with Gasteiger partial charge in [-0.2, -0.15) is 5.10 Å². The largest absolute Gasteiger partial charge is 0.481 e. The third-order valence-electron chi connectivity index (χ3n) is 6.35. The smallest absolute Gasteiger partial charge is 0.423 e. The molecule has 3 N–H and O–H groups in total. The van der Waals surface area contributed by atoms with Gasteiger partial charge in [0.15, 0.2) is 5.82 Å². The van der Waals surface area contributed by atoms with Crippen LogP contribution in [0.1, 0.15) is 64.4 Å². The number of hydrogen-bond donors (Lipinski definition) is 3. The van der Waals surface area contributed by atoms with Gasteiger partial charge in [-0.1, -0.05) is 6.07 Å². The summed E-state index contributed by atoms with van der Waals surface area (Å²) in [5, 5.41) is 18.6. The van der Waals surface area contributed by atoms with Crippen molar-refractivity contribution in [3.63, 3.8) is 0 Å². The van der Waals surface area contributed by atoms with Gasteiger partial charge in [0.05, 0.1) is 24.1 Å². The van der Waals surface area contributed by atoms with E-state index in [1.54, 1.807) is 32.9 Å². The Morgan fingerprint density at radius 1 is 1.10 bits per heavy atom. The van der Waals surface area contributed by atoms with Crippen molar-refractivity contribution in [2.24, 2.45) is 0 Å². The number of esters is 1. The number of ether oxygens (including phenoxy) is 2. The van der Waals surface area contributed by atoms with E-state index in [1.165, 1.54) is 23.1 Å². The highest BCUT2D eigenvalue weighted by atomic mass is 16.7. The van der Waals surface area contributed by atoms with Crippen molar-refractivity contribution in [1.82, 2.24) is 25.2 Å². The highest BCUT2D eigenvalue weighted by molar-refractivity contribution is 6.05. The molecule has 1 aliphatic rings. The molecule has 1 aliphatic carbocycles. The Bertz CT molecular complexity index is 1510. The molecule has 0 spiro atoms. The number of carboxylic acids is 1. The highest BCUT2D eigenvalue weighted by Crippen LogP contribution is 2.34. The second-order valence-electron chi connectivity index (χ2n) is 9.43. The third kappa shape index (κ3) is 6.77. The van der Waals surface area contributed by atoms with Crippen LogP contribution in [0.25, 0.3) is 5.52 Å². The number of rotatable bonds is 11. The van der Waals surface area contributed by atoms with Crippen LogP contribution in [0, 0.1) is 13.8 Å². The fraction of sp³-hybridized carbons (Fsp3) is 0.370. The summed E-state index contributed by atoms with van der Waals surface area (Å²) in [6.45, 7) is 4.82. The summed E-state index contributed by atoms with van der Waals surface area (Å²) in [7, 11) is 0. The van der Waals surface area contributed by atoms with Crippen LogP contribution in [0.2, 0.25) is 0 Å². The van der Waals surface area contributed by atoms with Gasteiger partial charge in [-0.15, -0.1) is 0 Å². The van der Waals surface area contributed by atoms with Gasteiger partial charge in [-0.05, 0) is 56.9 Å². The summed E-state index contributed by atoms with van der Waals surface area (Å²) >= 11 is 0. The maximum Gasteiger partial charge on any atom is 0.423 e. The second-order valence-corrected chi connectivity index (χ2v) is 9.43. The molecule has 14 nitrogen and oxygen atoms in total. The number of nitrogens with one attached hydrogen (secondary N) is 2. The number of carbonyl (C=O) groups is 5. The molecular formula is C27H30N6O8. The highest BCUT2D eigenvalue weighted by Gasteiger charge is 2.30. The van der Waals surface area contributed by atoms with E-state index in [9.17, 15) is 24.0 Å². The molecule has 0 bridgehead atoms. The van der Waals surface area contributed by atoms with Crippen molar-refractivity contribution in [2.75, 3.05) is 18.2 Å². The zero-order valence-electron chi connectivity index (χ0n) is 22.8. The Hall–Kier alpha value is -5.01. The van der Waals surface area contributed by atoms with Gasteiger partial charge >= 0.3 is 18.0 Å². The number of carbonyl (C=O) groups excluding carboxylic acids is 4. The maximum absolute atomic E-state index is 13.6. The number of aromatic nitrogens is 3. The van der Waals surface area contributed by atoms with E-state index in [0.717, 1.165) is 17.7 Å². The minimum Gasteiger partial charge on any atom is -0.481 e. The van der Waals surface area contributed by atoms with Crippen LogP contribution in [-0.2, 0) is 19.1 Å². The molecule has 1 aromatic carbocycles. The van der Waals surface area contributed by atoms with Gasteiger partial charge in [0.2, 0.25) is 6.79 Å². The predicted molar refractivity (Wildman–Crippen MR) is 144 cm³/mol. The van der Waals surface area contributed by atoms with Gasteiger partial charge in [0, 0.05) is 24.3 Å². The molecule has 4 rings (SSSR count). The number of anilines is 2. The standard InChI is InChI=1S/C27H30N6O8/c1-4-28-26(38)19-12-32-23(16(19)3)24(29-13-30-32)33(27(39)41-14-40-22(36)10-9-21(34)35)20-11-17(6-5-15(20)2)25(37)31-18-7-8-18/h5-6,11-13,18H,4,7-10,14H2,1-3H3,(H,28,38)(H,31,37)(H,34,35). The van der Waals surface area contributed by atoms with E-state index < -0.39 is 37.7 Å². The molecule has 1 saturated carbocycles. The van der Waals surface area contributed by atoms with Crippen LogP contribution in [0.5, 0.6) is 0 Å². The molecule has 1 fully saturated rings. The summed E-state index contributed by atoms with van der Waals surface area (Å²) in [5.41, 5.74) is 2.30. The maximum atomic E-state index is 13.6. The molecule has 0 unspecified atom stereocenters. The average Bonchev–Trinajstić information content (AvgIpc) is 3.68. The van der Waals surface area contributed by atoms with E-state index in [4.69, 9.17) is 14.6 Å². The Balaban J connectivity index is 1.74. The minimum absolute atomic E-state index is 0.0538. The number of hydrogen-bond acceptors (Lipinski definition) is 9. The molecule has 0 radical (unpaired) electrons. The zero-order valence-corrected chi connectivity index (χ0v) is 22.8. The molecule has 41 heavy (non-hydrogen) atoms. The van der Waals surface area contributed by atoms with E-state index in [2.05, 4.69) is 20.7 Å². The van der Waals surface area contributed by atoms with Crippen molar-refractivity contribution in [3.8, 4) is 0 Å². The van der Waals surface area contributed by atoms with Crippen molar-refractivity contribution in [2.45, 2.75) is 52.5 Å². The lowest BCUT2D eigenvalue weighted by Gasteiger charge is -2.24. The number of aliphatic carboxylic acids is 1. The Labute approximate surface area is 234 Å². The number of carboxylic acid groups (broad SMARTS) is 1. The van der Waals surface area contributed by atoms with Gasteiger partial charge in [0.1, 0.15) is 11.8 Å². The molecule has 0 saturated heterocycles. The normalized spacial score (nSPS) is 12.5. The van der Waals surface area contributed by atoms with Crippen LogP contribution in [0.3, 0.4) is 0 Å². The summed E-state index contributed by atoms with van der Waals surface area (Å²) < 4.78 is 11.5. The minimum atomic E-state index is -1.17. The number of benzene rings is 1. The lowest BCUT2D eigenvalue weighted by molar-refractivity contribution is -0.154. The van der Waals surface area contributed by atoms with E-state index in [-0.39, 0.29) is 29.4 Å². The molecular weight excluding hydrogens is 536 g/mol. The predicted octanol–water partition coefficient (Wildman–Crippen LogP) is 2.63. The topological polar surface area (TPSA) is 182 Å². The summed E-state index contributed by atoms with van der Waals surface area (Å²) in [6.07, 6.45) is 2.68. The van der Waals surface area contributed by atoms with Crippen LogP contribution in [0.4, 0.5) is 16.3 Å². The molecule has 216 valence electrons. The number of aryl methyl sites for hydroxylation is 2. The lowest BCUT2D eigenvalue weighted by atomic mass is 10.1. The average molecular weight is 567 g/mol. The zero-order chi connectivity index (χ0) is 29.7. The Morgan fingerprint density at radius 3 is 2.54 bits per heavy atom. The number of amides is 3. The third-order valence-corrected chi connectivity index (χ3v) is 6.35. The summed E-state index contributed by atoms with van der Waals surface area (Å²) in [4.78, 5) is 67.1. The molecule has 14 heteroatoms. The summed E-state index contributed by atoms with van der Waals surface area (Å²) in [6, 6.07) is 4.94. The first-order chi connectivity index (χ1) is 19.6. The van der Waals surface area contributed by atoms with Crippen LogP contribution in [-0.4, -0.2) is 68.9 Å². The SMILES string of the molecule is CCNC(=O)c1cn2ncnc(N(C(=O)OCOC(=O)CCC(=O)O)c3cc(C(=O)NC4CC4)ccc3C)c2c1C. The van der Waals surface area contributed by atoms with E-state index >= 15 is 0 Å². The van der Waals surface area contributed by atoms with Crippen molar-refractivity contribution in [3.05, 3.63) is 53.0 Å². The van der Waals surface area contributed by atoms with Crippen molar-refractivity contribution >= 4 is 46.9 Å². The molecule has 2 heterocycles. The van der Waals surface area contributed by atoms with Crippen molar-refractivity contribution < 1.29 is 38.6 Å². The van der Waals surface area contributed by atoms with Gasteiger partial charge in [-0.25, -0.2) is 19.2 Å². The molecule has 0 aliphatic heterocycles. The molecule has 2 aromatic heterocycles. The second kappa shape index (κ2) is 12.4. The van der Waals surface area contributed by atoms with Crippen LogP contribution in [0.15, 0.2) is 30.7 Å². The lowest BCUT2D eigenvalue weighted by Crippen LogP contribution is -2.31. The first kappa shape index (κ1) is 29.0. The molecule has 3 aromatic rings. The van der Waals surface area contributed by atoms with Gasteiger partial charge in [-0.3, -0.25) is 19.2 Å². The van der Waals surface area contributed by atoms with Gasteiger partial charge in [0.25, 0.3) is 11.8 Å².